The molecule has 0 aromatic heterocycles. The van der Waals surface area contributed by atoms with Crippen molar-refractivity contribution in [3.05, 3.63) is 12.2 Å². The van der Waals surface area contributed by atoms with E-state index in [-0.39, 0.29) is 12.2 Å². The van der Waals surface area contributed by atoms with Crippen LogP contribution in [0.25, 0.3) is 0 Å². The van der Waals surface area contributed by atoms with Crippen LogP contribution < -0.4 is 0 Å². The first kappa shape index (κ1) is 5.53. The molecule has 0 aliphatic carbocycles. The summed E-state index contributed by atoms with van der Waals surface area (Å²) in [5, 5.41) is 0. The van der Waals surface area contributed by atoms with Crippen LogP contribution in [0.2, 0.25) is 0 Å². The Labute approximate surface area is 58.9 Å². The first-order valence-electron chi connectivity index (χ1n) is 3.22. The molecule has 0 spiro atoms. The van der Waals surface area contributed by atoms with Crippen molar-refractivity contribution in [2.24, 2.45) is 15.0 Å². The molecule has 0 fully saturated rings. The highest BCUT2D eigenvalue weighted by molar-refractivity contribution is 6.16. The van der Waals surface area contributed by atoms with Gasteiger partial charge in [0.1, 0.15) is 6.04 Å². The predicted octanol–water partition coefficient (Wildman–Crippen LogP) is 0.477. The Hall–Kier alpha value is -1.25. The van der Waals surface area contributed by atoms with E-state index in [4.69, 9.17) is 0 Å². The summed E-state index contributed by atoms with van der Waals surface area (Å²) >= 11 is 0. The molecule has 2 heterocycles. The lowest BCUT2D eigenvalue weighted by Crippen LogP contribution is -2.24. The minimum absolute atomic E-state index is 0.00926. The highest BCUT2D eigenvalue weighted by Crippen LogP contribution is 2.11. The van der Waals surface area contributed by atoms with Gasteiger partial charge in [-0.15, -0.1) is 0 Å². The van der Waals surface area contributed by atoms with E-state index in [1.54, 1.807) is 18.6 Å². The summed E-state index contributed by atoms with van der Waals surface area (Å²) in [4.78, 5) is 12.4. The number of nitrogens with zero attached hydrogens (tertiary/aromatic N) is 3. The van der Waals surface area contributed by atoms with E-state index < -0.39 is 0 Å². The number of rotatable bonds is 0. The molecule has 0 radical (unpaired) electrons. The molecule has 0 aromatic rings. The number of dihydropyridines is 1. The molecule has 0 saturated carbocycles. The van der Waals surface area contributed by atoms with E-state index in [9.17, 15) is 0 Å². The Balaban J connectivity index is 2.28. The van der Waals surface area contributed by atoms with Crippen molar-refractivity contribution in [3.63, 3.8) is 0 Å². The number of allylic oxidation sites excluding steroid dienone is 1. The summed E-state index contributed by atoms with van der Waals surface area (Å²) in [7, 11) is 0. The highest BCUT2D eigenvalue weighted by Gasteiger charge is 2.17. The average Bonchev–Trinajstić information content (AvgIpc) is 2.05. The molecule has 3 heteroatoms. The first-order valence-corrected chi connectivity index (χ1v) is 3.22. The Kier molecular flexibility index (Phi) is 1.20. The van der Waals surface area contributed by atoms with Gasteiger partial charge in [0.15, 0.2) is 6.17 Å². The van der Waals surface area contributed by atoms with Gasteiger partial charge in [-0.25, -0.2) is 0 Å². The zero-order chi connectivity index (χ0) is 6.81. The molecule has 0 amide bonds. The van der Waals surface area contributed by atoms with E-state index in [1.165, 1.54) is 0 Å². The van der Waals surface area contributed by atoms with Crippen LogP contribution in [0.1, 0.15) is 0 Å². The molecule has 0 N–H and O–H groups in total. The van der Waals surface area contributed by atoms with Gasteiger partial charge in [0, 0.05) is 18.6 Å². The fourth-order valence-electron chi connectivity index (χ4n) is 1.01. The summed E-state index contributed by atoms with van der Waals surface area (Å²) in [5.41, 5.74) is 0. The van der Waals surface area contributed by atoms with Gasteiger partial charge in [0.25, 0.3) is 0 Å². The highest BCUT2D eigenvalue weighted by atomic mass is 15.1. The van der Waals surface area contributed by atoms with Crippen LogP contribution in [0.15, 0.2) is 27.1 Å². The van der Waals surface area contributed by atoms with Crippen molar-refractivity contribution in [3.8, 4) is 0 Å². The molecule has 50 valence electrons. The standard InChI is InChI=1S/C7H7N3/c1-2-6-7(9-3-1)10-5-4-8-6/h1-7H. The maximum atomic E-state index is 4.18. The van der Waals surface area contributed by atoms with Gasteiger partial charge in [-0.2, -0.15) is 0 Å². The van der Waals surface area contributed by atoms with Crippen molar-refractivity contribution in [2.45, 2.75) is 12.2 Å². The number of hydrogen-bond acceptors (Lipinski definition) is 3. The lowest BCUT2D eigenvalue weighted by Gasteiger charge is -2.17. The van der Waals surface area contributed by atoms with Gasteiger partial charge >= 0.3 is 0 Å². The van der Waals surface area contributed by atoms with Gasteiger partial charge in [0.2, 0.25) is 0 Å². The molecular formula is C7H7N3. The molecule has 10 heavy (non-hydrogen) atoms. The summed E-state index contributed by atoms with van der Waals surface area (Å²) in [5.74, 6) is 0. The minimum Gasteiger partial charge on any atom is -0.280 e. The average molecular weight is 133 g/mol. The van der Waals surface area contributed by atoms with Gasteiger partial charge in [-0.05, 0) is 6.08 Å². The van der Waals surface area contributed by atoms with Crippen LogP contribution in [-0.4, -0.2) is 30.9 Å². The molecule has 2 atom stereocenters. The summed E-state index contributed by atoms with van der Waals surface area (Å²) in [6.07, 6.45) is 9.09. The maximum Gasteiger partial charge on any atom is 0.165 e. The van der Waals surface area contributed by atoms with Gasteiger partial charge in [0.05, 0.1) is 0 Å². The molecule has 0 bridgehead atoms. The molecule has 2 aliphatic rings. The second-order valence-corrected chi connectivity index (χ2v) is 2.18. The Morgan fingerprint density at radius 3 is 2.60 bits per heavy atom. The van der Waals surface area contributed by atoms with E-state index in [0.29, 0.717) is 0 Å². The predicted molar refractivity (Wildman–Crippen MR) is 42.2 cm³/mol. The van der Waals surface area contributed by atoms with E-state index in [0.717, 1.165) is 0 Å². The summed E-state index contributed by atoms with van der Waals surface area (Å²) in [6, 6.07) is 0.148. The fourth-order valence-corrected chi connectivity index (χ4v) is 1.01. The van der Waals surface area contributed by atoms with Crippen molar-refractivity contribution >= 4 is 18.6 Å². The Bertz CT molecular complexity index is 187. The lowest BCUT2D eigenvalue weighted by molar-refractivity contribution is 0.628. The second-order valence-electron chi connectivity index (χ2n) is 2.18. The largest absolute Gasteiger partial charge is 0.280 e. The van der Waals surface area contributed by atoms with Gasteiger partial charge in [-0.3, -0.25) is 15.0 Å². The van der Waals surface area contributed by atoms with Crippen molar-refractivity contribution in [2.75, 3.05) is 0 Å². The van der Waals surface area contributed by atoms with E-state index >= 15 is 0 Å². The fraction of sp³-hybridized carbons (Fsp3) is 0.286. The minimum atomic E-state index is 0.00926. The first-order chi connectivity index (χ1) is 4.97. The third kappa shape index (κ3) is 0.795. The Morgan fingerprint density at radius 1 is 0.900 bits per heavy atom. The topological polar surface area (TPSA) is 37.1 Å². The number of aliphatic imine (C=N–C) groups is 3. The third-order valence-electron chi connectivity index (χ3n) is 1.50. The van der Waals surface area contributed by atoms with Gasteiger partial charge < -0.3 is 0 Å². The van der Waals surface area contributed by atoms with Crippen LogP contribution in [0.4, 0.5) is 0 Å². The SMILES string of the molecule is C1=CC2N=CC=NC2N=C1. The van der Waals surface area contributed by atoms with E-state index in [1.807, 2.05) is 12.2 Å². The number of hydrogen-bond donors (Lipinski definition) is 0. The second kappa shape index (κ2) is 2.17. The summed E-state index contributed by atoms with van der Waals surface area (Å²) < 4.78 is 0. The molecule has 0 saturated heterocycles. The zero-order valence-electron chi connectivity index (χ0n) is 5.38. The molecule has 0 aromatic carbocycles. The van der Waals surface area contributed by atoms with Crippen molar-refractivity contribution in [1.82, 2.24) is 0 Å². The summed E-state index contributed by atoms with van der Waals surface area (Å²) in [6.45, 7) is 0. The molecular weight excluding hydrogens is 126 g/mol. The van der Waals surface area contributed by atoms with E-state index in [2.05, 4.69) is 15.0 Å². The van der Waals surface area contributed by atoms with Crippen molar-refractivity contribution in [1.29, 1.82) is 0 Å². The van der Waals surface area contributed by atoms with Crippen molar-refractivity contribution < 1.29 is 0 Å². The van der Waals surface area contributed by atoms with Crippen LogP contribution in [0.5, 0.6) is 0 Å². The number of fused-ring (bicyclic) bond motifs is 1. The maximum absolute atomic E-state index is 4.18. The Morgan fingerprint density at radius 2 is 1.70 bits per heavy atom. The molecule has 3 nitrogen and oxygen atoms in total. The molecule has 2 rings (SSSR count). The third-order valence-corrected chi connectivity index (χ3v) is 1.50. The van der Waals surface area contributed by atoms with Crippen LogP contribution in [0.3, 0.4) is 0 Å². The van der Waals surface area contributed by atoms with Crippen LogP contribution in [0, 0.1) is 0 Å². The quantitative estimate of drug-likeness (QED) is 0.461. The zero-order valence-corrected chi connectivity index (χ0v) is 5.38. The normalized spacial score (nSPS) is 34.4. The van der Waals surface area contributed by atoms with Crippen LogP contribution >= 0.6 is 0 Å². The molecule has 2 aliphatic heterocycles. The monoisotopic (exact) mass is 133 g/mol. The van der Waals surface area contributed by atoms with Gasteiger partial charge in [-0.1, -0.05) is 6.08 Å². The molecule has 2 unspecified atom stereocenters. The lowest BCUT2D eigenvalue weighted by atomic mass is 10.2. The van der Waals surface area contributed by atoms with Crippen LogP contribution in [-0.2, 0) is 0 Å². The smallest absolute Gasteiger partial charge is 0.165 e.